The van der Waals surface area contributed by atoms with Crippen molar-refractivity contribution in [1.29, 1.82) is 0 Å². The van der Waals surface area contributed by atoms with E-state index in [1.807, 2.05) is 6.07 Å². The molecule has 0 amide bonds. The van der Waals surface area contributed by atoms with Gasteiger partial charge in [-0.2, -0.15) is 0 Å². The summed E-state index contributed by atoms with van der Waals surface area (Å²) in [5.41, 5.74) is 10.1. The predicted molar refractivity (Wildman–Crippen MR) is 77.4 cm³/mol. The van der Waals surface area contributed by atoms with Crippen molar-refractivity contribution >= 4 is 0 Å². The highest BCUT2D eigenvalue weighted by Crippen LogP contribution is 2.37. The molecule has 0 spiro atoms. The molecule has 0 aliphatic carbocycles. The number of benzene rings is 2. The first kappa shape index (κ1) is 12.2. The molecule has 0 aromatic heterocycles. The lowest BCUT2D eigenvalue weighted by Crippen LogP contribution is -2.18. The highest BCUT2D eigenvalue weighted by atomic mass is 16.5. The third-order valence-electron chi connectivity index (χ3n) is 3.97. The minimum absolute atomic E-state index is 0.0320. The smallest absolute Gasteiger partial charge is 0.127 e. The highest BCUT2D eigenvalue weighted by molar-refractivity contribution is 5.46. The van der Waals surface area contributed by atoms with Gasteiger partial charge in [0.2, 0.25) is 0 Å². The first-order valence-corrected chi connectivity index (χ1v) is 6.82. The van der Waals surface area contributed by atoms with E-state index in [1.165, 1.54) is 11.1 Å². The molecule has 1 aliphatic rings. The second-order valence-corrected chi connectivity index (χ2v) is 5.16. The number of fused-ring (bicyclic) bond motifs is 1. The van der Waals surface area contributed by atoms with Crippen LogP contribution in [0.15, 0.2) is 48.5 Å². The molecule has 2 atom stereocenters. The summed E-state index contributed by atoms with van der Waals surface area (Å²) in [5, 5.41) is 0. The molecule has 2 aromatic carbocycles. The Hall–Kier alpha value is -1.80. The maximum Gasteiger partial charge on any atom is 0.127 e. The van der Waals surface area contributed by atoms with E-state index in [4.69, 9.17) is 10.5 Å². The van der Waals surface area contributed by atoms with Crippen LogP contribution in [0.1, 0.15) is 35.6 Å². The van der Waals surface area contributed by atoms with Crippen molar-refractivity contribution in [2.75, 3.05) is 6.61 Å². The maximum absolute atomic E-state index is 6.46. The van der Waals surface area contributed by atoms with Crippen molar-refractivity contribution in [3.05, 3.63) is 65.2 Å². The quantitative estimate of drug-likeness (QED) is 0.909. The van der Waals surface area contributed by atoms with Crippen molar-refractivity contribution in [1.82, 2.24) is 0 Å². The molecule has 0 saturated carbocycles. The molecule has 0 bridgehead atoms. The Kier molecular flexibility index (Phi) is 3.26. The molecule has 19 heavy (non-hydrogen) atoms. The van der Waals surface area contributed by atoms with E-state index in [-0.39, 0.29) is 12.0 Å². The summed E-state index contributed by atoms with van der Waals surface area (Å²) in [7, 11) is 0. The minimum Gasteiger partial charge on any atom is -0.493 e. The van der Waals surface area contributed by atoms with Crippen LogP contribution in [0.2, 0.25) is 0 Å². The van der Waals surface area contributed by atoms with Gasteiger partial charge in [-0.1, -0.05) is 55.5 Å². The van der Waals surface area contributed by atoms with Gasteiger partial charge in [0.1, 0.15) is 5.75 Å². The van der Waals surface area contributed by atoms with Gasteiger partial charge in [0.25, 0.3) is 0 Å². The van der Waals surface area contributed by atoms with Gasteiger partial charge >= 0.3 is 0 Å². The molecule has 2 N–H and O–H groups in total. The topological polar surface area (TPSA) is 35.2 Å². The first-order chi connectivity index (χ1) is 9.27. The van der Waals surface area contributed by atoms with Gasteiger partial charge < -0.3 is 10.5 Å². The van der Waals surface area contributed by atoms with Gasteiger partial charge in [0, 0.05) is 23.9 Å². The zero-order valence-electron chi connectivity index (χ0n) is 11.2. The molecular weight excluding hydrogens is 234 g/mol. The number of hydrogen-bond acceptors (Lipinski definition) is 2. The van der Waals surface area contributed by atoms with E-state index in [1.54, 1.807) is 0 Å². The molecule has 1 heterocycles. The van der Waals surface area contributed by atoms with Gasteiger partial charge in [0.15, 0.2) is 0 Å². The molecule has 0 radical (unpaired) electrons. The molecular formula is C17H19NO. The second kappa shape index (κ2) is 5.06. The van der Waals surface area contributed by atoms with E-state index in [0.717, 1.165) is 24.3 Å². The summed E-state index contributed by atoms with van der Waals surface area (Å²) < 4.78 is 5.76. The highest BCUT2D eigenvalue weighted by Gasteiger charge is 2.24. The van der Waals surface area contributed by atoms with Crippen molar-refractivity contribution in [3.63, 3.8) is 0 Å². The van der Waals surface area contributed by atoms with E-state index >= 15 is 0 Å². The average molecular weight is 253 g/mol. The van der Waals surface area contributed by atoms with Crippen LogP contribution in [0.4, 0.5) is 0 Å². The van der Waals surface area contributed by atoms with Crippen LogP contribution in [0.5, 0.6) is 5.75 Å². The fourth-order valence-corrected chi connectivity index (χ4v) is 2.74. The maximum atomic E-state index is 6.46. The number of para-hydroxylation sites is 1. The monoisotopic (exact) mass is 253 g/mol. The molecule has 98 valence electrons. The Morgan fingerprint density at radius 1 is 1.05 bits per heavy atom. The SMILES string of the molecule is CC(c1ccccc1)C(N)c1cccc2c1OCC2. The zero-order valence-corrected chi connectivity index (χ0v) is 11.2. The number of ether oxygens (including phenoxy) is 1. The minimum atomic E-state index is -0.0320. The molecule has 2 unspecified atom stereocenters. The molecule has 1 aliphatic heterocycles. The van der Waals surface area contributed by atoms with Crippen molar-refractivity contribution < 1.29 is 4.74 Å². The van der Waals surface area contributed by atoms with Gasteiger partial charge in [-0.3, -0.25) is 0 Å². The third-order valence-corrected chi connectivity index (χ3v) is 3.97. The van der Waals surface area contributed by atoms with Crippen LogP contribution >= 0.6 is 0 Å². The molecule has 0 saturated heterocycles. The fraction of sp³-hybridized carbons (Fsp3) is 0.294. The lowest BCUT2D eigenvalue weighted by molar-refractivity contribution is 0.349. The van der Waals surface area contributed by atoms with Crippen molar-refractivity contribution in [2.45, 2.75) is 25.3 Å². The largest absolute Gasteiger partial charge is 0.493 e. The lowest BCUT2D eigenvalue weighted by atomic mass is 9.88. The average Bonchev–Trinajstić information content (AvgIpc) is 2.95. The standard InChI is InChI=1S/C17H19NO/c1-12(13-6-3-2-4-7-13)16(18)15-9-5-8-14-10-11-19-17(14)15/h2-9,12,16H,10-11,18H2,1H3. The third kappa shape index (κ3) is 2.24. The second-order valence-electron chi connectivity index (χ2n) is 5.16. The van der Waals surface area contributed by atoms with Crippen molar-refractivity contribution in [2.24, 2.45) is 5.73 Å². The van der Waals surface area contributed by atoms with Crippen molar-refractivity contribution in [3.8, 4) is 5.75 Å². The van der Waals surface area contributed by atoms with E-state index < -0.39 is 0 Å². The van der Waals surface area contributed by atoms with Gasteiger partial charge in [-0.05, 0) is 11.1 Å². The number of rotatable bonds is 3. The Morgan fingerprint density at radius 3 is 2.63 bits per heavy atom. The first-order valence-electron chi connectivity index (χ1n) is 6.82. The molecule has 2 nitrogen and oxygen atoms in total. The Bertz CT molecular complexity index is 565. The summed E-state index contributed by atoms with van der Waals surface area (Å²) >= 11 is 0. The van der Waals surface area contributed by atoms with Crippen LogP contribution < -0.4 is 10.5 Å². The number of nitrogens with two attached hydrogens (primary N) is 1. The molecule has 2 heteroatoms. The zero-order chi connectivity index (χ0) is 13.2. The predicted octanol–water partition coefficient (Wildman–Crippen LogP) is 3.43. The summed E-state index contributed by atoms with van der Waals surface area (Å²) in [6.07, 6.45) is 0.996. The molecule has 3 rings (SSSR count). The Morgan fingerprint density at radius 2 is 1.84 bits per heavy atom. The summed E-state index contributed by atoms with van der Waals surface area (Å²) in [6, 6.07) is 16.7. The van der Waals surface area contributed by atoms with Crippen LogP contribution in [0, 0.1) is 0 Å². The normalized spacial score (nSPS) is 16.5. The van der Waals surface area contributed by atoms with E-state index in [9.17, 15) is 0 Å². The fourth-order valence-electron chi connectivity index (χ4n) is 2.74. The van der Waals surface area contributed by atoms with Gasteiger partial charge in [0.05, 0.1) is 6.61 Å². The van der Waals surface area contributed by atoms with Crippen LogP contribution in [-0.4, -0.2) is 6.61 Å². The lowest BCUT2D eigenvalue weighted by Gasteiger charge is -2.22. The van der Waals surface area contributed by atoms with Gasteiger partial charge in [-0.15, -0.1) is 0 Å². The number of hydrogen-bond donors (Lipinski definition) is 1. The summed E-state index contributed by atoms with van der Waals surface area (Å²) in [6.45, 7) is 2.95. The van der Waals surface area contributed by atoms with Gasteiger partial charge in [-0.25, -0.2) is 0 Å². The van der Waals surface area contributed by atoms with Crippen LogP contribution in [-0.2, 0) is 6.42 Å². The Labute approximate surface area is 114 Å². The molecule has 0 fully saturated rings. The van der Waals surface area contributed by atoms with Crippen LogP contribution in [0.3, 0.4) is 0 Å². The molecule has 2 aromatic rings. The van der Waals surface area contributed by atoms with Crippen LogP contribution in [0.25, 0.3) is 0 Å². The van der Waals surface area contributed by atoms with E-state index in [2.05, 4.69) is 49.4 Å². The summed E-state index contributed by atoms with van der Waals surface area (Å²) in [4.78, 5) is 0. The Balaban J connectivity index is 1.92. The summed E-state index contributed by atoms with van der Waals surface area (Å²) in [5.74, 6) is 1.29. The van der Waals surface area contributed by atoms with E-state index in [0.29, 0.717) is 0 Å².